The van der Waals surface area contributed by atoms with Gasteiger partial charge in [-0.1, -0.05) is 6.07 Å². The van der Waals surface area contributed by atoms with Gasteiger partial charge in [-0.2, -0.15) is 0 Å². The number of rotatable bonds is 1. The summed E-state index contributed by atoms with van der Waals surface area (Å²) in [4.78, 5) is 4.23. The summed E-state index contributed by atoms with van der Waals surface area (Å²) in [6.45, 7) is 5.34. The molecule has 0 aliphatic carbocycles. The van der Waals surface area contributed by atoms with E-state index in [1.54, 1.807) is 18.4 Å². The minimum absolute atomic E-state index is 0.447. The first-order valence-corrected chi connectivity index (χ1v) is 4.53. The van der Waals surface area contributed by atoms with Crippen LogP contribution in [0.3, 0.4) is 0 Å². The van der Waals surface area contributed by atoms with Gasteiger partial charge < -0.3 is 5.11 Å². The van der Waals surface area contributed by atoms with E-state index in [0.717, 1.165) is 11.2 Å². The van der Waals surface area contributed by atoms with Crippen molar-refractivity contribution in [3.8, 4) is 0 Å². The number of pyridine rings is 1. The van der Waals surface area contributed by atoms with E-state index >= 15 is 0 Å². The molecule has 0 radical (unpaired) electrons. The van der Waals surface area contributed by atoms with E-state index in [0.29, 0.717) is 5.82 Å². The average Bonchev–Trinajstić information content (AvgIpc) is 2.45. The van der Waals surface area contributed by atoms with E-state index in [4.69, 9.17) is 0 Å². The van der Waals surface area contributed by atoms with Gasteiger partial charge in [0.25, 0.3) is 0 Å². The molecule has 0 spiro atoms. The smallest absolute Gasteiger partial charge is 0.182 e. The Balaban J connectivity index is 2.63. The molecule has 0 fully saturated rings. The van der Waals surface area contributed by atoms with Crippen molar-refractivity contribution >= 4 is 5.65 Å². The summed E-state index contributed by atoms with van der Waals surface area (Å²) in [5, 5.41) is 13.9. The molecule has 0 atom stereocenters. The molecule has 4 heteroatoms. The SMILES string of the molecule is Cc1ccc2nc(C(C)(C)O)nn2c1. The summed E-state index contributed by atoms with van der Waals surface area (Å²) in [6, 6.07) is 3.86. The van der Waals surface area contributed by atoms with Crippen molar-refractivity contribution < 1.29 is 5.11 Å². The quantitative estimate of drug-likeness (QED) is 0.738. The first-order valence-electron chi connectivity index (χ1n) is 4.53. The molecule has 0 saturated heterocycles. The molecular weight excluding hydrogens is 178 g/mol. The largest absolute Gasteiger partial charge is 0.382 e. The first kappa shape index (κ1) is 9.15. The highest BCUT2D eigenvalue weighted by molar-refractivity contribution is 5.38. The lowest BCUT2D eigenvalue weighted by Gasteiger charge is -2.10. The van der Waals surface area contributed by atoms with Crippen LogP contribution in [0.2, 0.25) is 0 Å². The van der Waals surface area contributed by atoms with E-state index in [-0.39, 0.29) is 0 Å². The minimum Gasteiger partial charge on any atom is -0.382 e. The lowest BCUT2D eigenvalue weighted by Crippen LogP contribution is -2.17. The Morgan fingerprint density at radius 3 is 2.71 bits per heavy atom. The molecular formula is C10H13N3O. The van der Waals surface area contributed by atoms with Crippen molar-refractivity contribution in [1.82, 2.24) is 14.6 Å². The molecule has 0 bridgehead atoms. The van der Waals surface area contributed by atoms with Crippen LogP contribution in [0, 0.1) is 6.92 Å². The maximum atomic E-state index is 9.72. The lowest BCUT2D eigenvalue weighted by molar-refractivity contribution is 0.0690. The molecule has 2 heterocycles. The molecule has 2 aromatic rings. The maximum absolute atomic E-state index is 9.72. The summed E-state index contributed by atoms with van der Waals surface area (Å²) in [5.74, 6) is 0.447. The van der Waals surface area contributed by atoms with E-state index in [1.807, 2.05) is 25.3 Å². The Morgan fingerprint density at radius 1 is 1.36 bits per heavy atom. The zero-order valence-corrected chi connectivity index (χ0v) is 8.52. The zero-order chi connectivity index (χ0) is 10.3. The topological polar surface area (TPSA) is 50.4 Å². The molecule has 0 aliphatic heterocycles. The molecule has 2 rings (SSSR count). The second kappa shape index (κ2) is 2.78. The lowest BCUT2D eigenvalue weighted by atomic mass is 10.1. The predicted octanol–water partition coefficient (Wildman–Crippen LogP) is 1.27. The van der Waals surface area contributed by atoms with Crippen LogP contribution in [0.15, 0.2) is 18.3 Å². The summed E-state index contributed by atoms with van der Waals surface area (Å²) in [6.07, 6.45) is 1.89. The molecule has 0 unspecified atom stereocenters. The maximum Gasteiger partial charge on any atom is 0.182 e. The Labute approximate surface area is 82.2 Å². The third kappa shape index (κ3) is 1.48. The van der Waals surface area contributed by atoms with Gasteiger partial charge >= 0.3 is 0 Å². The van der Waals surface area contributed by atoms with Crippen molar-refractivity contribution in [2.75, 3.05) is 0 Å². The molecule has 1 N–H and O–H groups in total. The predicted molar refractivity (Wildman–Crippen MR) is 53.0 cm³/mol. The number of hydrogen-bond donors (Lipinski definition) is 1. The van der Waals surface area contributed by atoms with Crippen LogP contribution < -0.4 is 0 Å². The van der Waals surface area contributed by atoms with Gasteiger partial charge in [0, 0.05) is 6.20 Å². The highest BCUT2D eigenvalue weighted by Crippen LogP contribution is 2.16. The zero-order valence-electron chi connectivity index (χ0n) is 8.52. The van der Waals surface area contributed by atoms with Crippen LogP contribution in [0.4, 0.5) is 0 Å². The highest BCUT2D eigenvalue weighted by Gasteiger charge is 2.21. The van der Waals surface area contributed by atoms with E-state index in [1.165, 1.54) is 0 Å². The standard InChI is InChI=1S/C10H13N3O/c1-7-4-5-8-11-9(10(2,3)14)12-13(8)6-7/h4-6,14H,1-3H3. The first-order chi connectivity index (χ1) is 6.47. The van der Waals surface area contributed by atoms with Crippen molar-refractivity contribution in [2.45, 2.75) is 26.4 Å². The minimum atomic E-state index is -0.986. The number of nitrogens with zero attached hydrogens (tertiary/aromatic N) is 3. The highest BCUT2D eigenvalue weighted by atomic mass is 16.3. The Hall–Kier alpha value is -1.42. The number of aryl methyl sites for hydroxylation is 1. The van der Waals surface area contributed by atoms with Gasteiger partial charge in [0.1, 0.15) is 5.60 Å². The van der Waals surface area contributed by atoms with E-state index in [2.05, 4.69) is 10.1 Å². The molecule has 0 aliphatic rings. The number of fused-ring (bicyclic) bond motifs is 1. The van der Waals surface area contributed by atoms with Gasteiger partial charge in [0.2, 0.25) is 0 Å². The van der Waals surface area contributed by atoms with Gasteiger partial charge in [0.05, 0.1) is 0 Å². The second-order valence-electron chi connectivity index (χ2n) is 4.00. The third-order valence-electron chi connectivity index (χ3n) is 2.03. The van der Waals surface area contributed by atoms with Crippen molar-refractivity contribution in [3.63, 3.8) is 0 Å². The molecule has 74 valence electrons. The average molecular weight is 191 g/mol. The Kier molecular flexibility index (Phi) is 1.82. The molecule has 2 aromatic heterocycles. The fourth-order valence-electron chi connectivity index (χ4n) is 1.25. The van der Waals surface area contributed by atoms with Crippen molar-refractivity contribution in [1.29, 1.82) is 0 Å². The van der Waals surface area contributed by atoms with E-state index < -0.39 is 5.60 Å². The molecule has 0 aromatic carbocycles. The Bertz CT molecular complexity index is 468. The molecule has 0 saturated carbocycles. The number of aliphatic hydroxyl groups is 1. The molecule has 0 amide bonds. The van der Waals surface area contributed by atoms with Gasteiger partial charge in [-0.25, -0.2) is 9.50 Å². The summed E-state index contributed by atoms with van der Waals surface area (Å²) < 4.78 is 1.68. The molecule has 4 nitrogen and oxygen atoms in total. The number of aromatic nitrogens is 3. The summed E-state index contributed by atoms with van der Waals surface area (Å²) in [5.41, 5.74) is 0.886. The van der Waals surface area contributed by atoms with E-state index in [9.17, 15) is 5.11 Å². The fourth-order valence-corrected chi connectivity index (χ4v) is 1.25. The van der Waals surface area contributed by atoms with Gasteiger partial charge in [-0.05, 0) is 32.4 Å². The normalized spacial score (nSPS) is 12.3. The van der Waals surface area contributed by atoms with Crippen LogP contribution in [0.25, 0.3) is 5.65 Å². The molecule has 14 heavy (non-hydrogen) atoms. The summed E-state index contributed by atoms with van der Waals surface area (Å²) in [7, 11) is 0. The van der Waals surface area contributed by atoms with Gasteiger partial charge in [-0.15, -0.1) is 5.10 Å². The van der Waals surface area contributed by atoms with Gasteiger partial charge in [0.15, 0.2) is 11.5 Å². The van der Waals surface area contributed by atoms with Gasteiger partial charge in [-0.3, -0.25) is 0 Å². The van der Waals surface area contributed by atoms with Crippen molar-refractivity contribution in [2.24, 2.45) is 0 Å². The Morgan fingerprint density at radius 2 is 2.07 bits per heavy atom. The van der Waals surface area contributed by atoms with Crippen LogP contribution in [0.5, 0.6) is 0 Å². The van der Waals surface area contributed by atoms with Crippen LogP contribution in [-0.2, 0) is 5.60 Å². The van der Waals surface area contributed by atoms with Crippen LogP contribution >= 0.6 is 0 Å². The third-order valence-corrected chi connectivity index (χ3v) is 2.03. The monoisotopic (exact) mass is 191 g/mol. The summed E-state index contributed by atoms with van der Waals surface area (Å²) >= 11 is 0. The second-order valence-corrected chi connectivity index (χ2v) is 4.00. The fraction of sp³-hybridized carbons (Fsp3) is 0.400. The van der Waals surface area contributed by atoms with Crippen LogP contribution in [-0.4, -0.2) is 19.7 Å². The van der Waals surface area contributed by atoms with Crippen molar-refractivity contribution in [3.05, 3.63) is 29.7 Å². The van der Waals surface area contributed by atoms with Crippen LogP contribution in [0.1, 0.15) is 25.2 Å². The number of hydrogen-bond acceptors (Lipinski definition) is 3.